The van der Waals surface area contributed by atoms with Crippen LogP contribution in [0, 0.1) is 6.92 Å². The van der Waals surface area contributed by atoms with Crippen molar-refractivity contribution in [3.8, 4) is 5.75 Å². The topological polar surface area (TPSA) is 44.5 Å². The van der Waals surface area contributed by atoms with Crippen LogP contribution >= 0.6 is 0 Å². The first-order valence-corrected chi connectivity index (χ1v) is 7.28. The Bertz CT molecular complexity index is 400. The highest BCUT2D eigenvalue weighted by Crippen LogP contribution is 2.25. The largest absolute Gasteiger partial charge is 0.490 e. The first-order chi connectivity index (χ1) is 9.19. The zero-order chi connectivity index (χ0) is 13.7. The Kier molecular flexibility index (Phi) is 5.23. The van der Waals surface area contributed by atoms with Gasteiger partial charge in [0.05, 0.1) is 13.2 Å². The summed E-state index contributed by atoms with van der Waals surface area (Å²) >= 11 is 0. The maximum Gasteiger partial charge on any atom is 0.122 e. The second-order valence-corrected chi connectivity index (χ2v) is 5.41. The highest BCUT2D eigenvalue weighted by atomic mass is 16.5. The van der Waals surface area contributed by atoms with Gasteiger partial charge in [0.1, 0.15) is 11.9 Å². The normalized spacial score (nSPS) is 18.3. The predicted octanol–water partition coefficient (Wildman–Crippen LogP) is 2.83. The Morgan fingerprint density at radius 2 is 2.11 bits per heavy atom. The van der Waals surface area contributed by atoms with Crippen molar-refractivity contribution < 1.29 is 9.47 Å². The Morgan fingerprint density at radius 1 is 1.37 bits per heavy atom. The highest BCUT2D eigenvalue weighted by Gasteiger charge is 2.17. The van der Waals surface area contributed by atoms with Crippen molar-refractivity contribution in [2.75, 3.05) is 13.2 Å². The van der Waals surface area contributed by atoms with E-state index in [4.69, 9.17) is 15.2 Å². The molecule has 2 N–H and O–H groups in total. The van der Waals surface area contributed by atoms with Gasteiger partial charge in [0.25, 0.3) is 0 Å². The molecule has 1 heterocycles. The van der Waals surface area contributed by atoms with Gasteiger partial charge in [0.15, 0.2) is 0 Å². The number of ether oxygens (including phenoxy) is 2. The molecule has 1 unspecified atom stereocenters. The van der Waals surface area contributed by atoms with E-state index in [1.807, 2.05) is 0 Å². The molecule has 1 aliphatic heterocycles. The molecule has 3 nitrogen and oxygen atoms in total. The van der Waals surface area contributed by atoms with E-state index in [0.29, 0.717) is 0 Å². The number of benzene rings is 1. The molecular formula is C16H25NO2. The van der Waals surface area contributed by atoms with Gasteiger partial charge >= 0.3 is 0 Å². The van der Waals surface area contributed by atoms with Crippen molar-refractivity contribution in [3.63, 3.8) is 0 Å². The van der Waals surface area contributed by atoms with Gasteiger partial charge in [0.2, 0.25) is 0 Å². The maximum absolute atomic E-state index is 6.15. The third-order valence-electron chi connectivity index (χ3n) is 3.68. The summed E-state index contributed by atoms with van der Waals surface area (Å²) in [4.78, 5) is 0. The van der Waals surface area contributed by atoms with Crippen molar-refractivity contribution in [3.05, 3.63) is 29.3 Å². The van der Waals surface area contributed by atoms with E-state index in [9.17, 15) is 0 Å². The van der Waals surface area contributed by atoms with E-state index in [2.05, 4.69) is 32.0 Å². The van der Waals surface area contributed by atoms with Gasteiger partial charge in [-0.3, -0.25) is 0 Å². The van der Waals surface area contributed by atoms with Crippen molar-refractivity contribution in [2.45, 2.75) is 51.7 Å². The van der Waals surface area contributed by atoms with Gasteiger partial charge in [0, 0.05) is 18.9 Å². The third-order valence-corrected chi connectivity index (χ3v) is 3.68. The summed E-state index contributed by atoms with van der Waals surface area (Å²) in [5.41, 5.74) is 8.58. The summed E-state index contributed by atoms with van der Waals surface area (Å²) in [6.07, 6.45) is 4.12. The number of nitrogens with two attached hydrogens (primary N) is 1. The second kappa shape index (κ2) is 6.92. The standard InChI is InChI=1S/C16H25NO2/c1-3-14(17)11-13-10-12(2)4-5-16(13)19-15-6-8-18-9-7-15/h4-5,10,14-15H,3,6-9,11,17H2,1-2H3. The van der Waals surface area contributed by atoms with Crippen molar-refractivity contribution in [1.82, 2.24) is 0 Å². The third kappa shape index (κ3) is 4.22. The molecule has 0 aliphatic carbocycles. The van der Waals surface area contributed by atoms with E-state index in [-0.39, 0.29) is 12.1 Å². The quantitative estimate of drug-likeness (QED) is 0.888. The molecule has 3 heteroatoms. The maximum atomic E-state index is 6.15. The summed E-state index contributed by atoms with van der Waals surface area (Å²) in [6.45, 7) is 5.85. The number of hydrogen-bond donors (Lipinski definition) is 1. The highest BCUT2D eigenvalue weighted by molar-refractivity contribution is 5.37. The molecule has 0 saturated carbocycles. The molecule has 1 saturated heterocycles. The van der Waals surface area contributed by atoms with Gasteiger partial charge in [-0.25, -0.2) is 0 Å². The molecule has 1 aromatic carbocycles. The molecule has 0 spiro atoms. The summed E-state index contributed by atoms with van der Waals surface area (Å²) < 4.78 is 11.5. The molecule has 1 fully saturated rings. The van der Waals surface area contributed by atoms with Gasteiger partial charge in [-0.1, -0.05) is 24.6 Å². The molecular weight excluding hydrogens is 238 g/mol. The fourth-order valence-electron chi connectivity index (χ4n) is 2.38. The van der Waals surface area contributed by atoms with E-state index in [1.54, 1.807) is 0 Å². The molecule has 0 radical (unpaired) electrons. The summed E-state index contributed by atoms with van der Waals surface area (Å²) in [6, 6.07) is 6.60. The molecule has 0 amide bonds. The Hall–Kier alpha value is -1.06. The van der Waals surface area contributed by atoms with E-state index in [0.717, 1.165) is 44.6 Å². The first-order valence-electron chi connectivity index (χ1n) is 7.28. The molecule has 19 heavy (non-hydrogen) atoms. The number of rotatable bonds is 5. The minimum atomic E-state index is 0.207. The van der Waals surface area contributed by atoms with Crippen LogP contribution in [0.5, 0.6) is 5.75 Å². The minimum Gasteiger partial charge on any atom is -0.490 e. The zero-order valence-corrected chi connectivity index (χ0v) is 12.0. The van der Waals surface area contributed by atoms with Crippen LogP contribution < -0.4 is 10.5 Å². The lowest BCUT2D eigenvalue weighted by molar-refractivity contribution is 0.0251. The lowest BCUT2D eigenvalue weighted by atomic mass is 10.0. The predicted molar refractivity (Wildman–Crippen MR) is 77.6 cm³/mol. The van der Waals surface area contributed by atoms with Crippen LogP contribution in [0.15, 0.2) is 18.2 Å². The van der Waals surface area contributed by atoms with Gasteiger partial charge in [-0.2, -0.15) is 0 Å². The van der Waals surface area contributed by atoms with E-state index >= 15 is 0 Å². The summed E-state index contributed by atoms with van der Waals surface area (Å²) in [5.74, 6) is 1.00. The fourth-order valence-corrected chi connectivity index (χ4v) is 2.38. The zero-order valence-electron chi connectivity index (χ0n) is 12.0. The van der Waals surface area contributed by atoms with Crippen molar-refractivity contribution >= 4 is 0 Å². The molecule has 2 rings (SSSR count). The average molecular weight is 263 g/mol. The SMILES string of the molecule is CCC(N)Cc1cc(C)ccc1OC1CCOCC1. The lowest BCUT2D eigenvalue weighted by Crippen LogP contribution is -2.27. The first kappa shape index (κ1) is 14.4. The van der Waals surface area contributed by atoms with Crippen LogP contribution in [0.3, 0.4) is 0 Å². The van der Waals surface area contributed by atoms with E-state index < -0.39 is 0 Å². The molecule has 1 aliphatic rings. The van der Waals surface area contributed by atoms with Crippen LogP contribution in [0.2, 0.25) is 0 Å². The molecule has 106 valence electrons. The smallest absolute Gasteiger partial charge is 0.122 e. The number of aryl methyl sites for hydroxylation is 1. The van der Waals surface area contributed by atoms with Crippen LogP contribution in [0.4, 0.5) is 0 Å². The average Bonchev–Trinajstić information content (AvgIpc) is 2.43. The minimum absolute atomic E-state index is 0.207. The van der Waals surface area contributed by atoms with Crippen LogP contribution in [-0.2, 0) is 11.2 Å². The van der Waals surface area contributed by atoms with Gasteiger partial charge in [-0.05, 0) is 31.4 Å². The monoisotopic (exact) mass is 263 g/mol. The van der Waals surface area contributed by atoms with E-state index in [1.165, 1.54) is 11.1 Å². The van der Waals surface area contributed by atoms with Crippen LogP contribution in [-0.4, -0.2) is 25.4 Å². The van der Waals surface area contributed by atoms with Crippen LogP contribution in [0.1, 0.15) is 37.3 Å². The summed E-state index contributed by atoms with van der Waals surface area (Å²) in [7, 11) is 0. The van der Waals surface area contributed by atoms with Crippen molar-refractivity contribution in [2.24, 2.45) is 5.73 Å². The molecule has 0 bridgehead atoms. The van der Waals surface area contributed by atoms with Gasteiger partial charge < -0.3 is 15.2 Å². The van der Waals surface area contributed by atoms with Crippen LogP contribution in [0.25, 0.3) is 0 Å². The Morgan fingerprint density at radius 3 is 2.79 bits per heavy atom. The van der Waals surface area contributed by atoms with Crippen molar-refractivity contribution in [1.29, 1.82) is 0 Å². The second-order valence-electron chi connectivity index (χ2n) is 5.41. The summed E-state index contributed by atoms with van der Waals surface area (Å²) in [5, 5.41) is 0. The molecule has 1 atom stereocenters. The molecule has 0 aromatic heterocycles. The molecule has 1 aromatic rings. The fraction of sp³-hybridized carbons (Fsp3) is 0.625. The lowest BCUT2D eigenvalue weighted by Gasteiger charge is -2.25. The number of hydrogen-bond acceptors (Lipinski definition) is 3. The van der Waals surface area contributed by atoms with Gasteiger partial charge in [-0.15, -0.1) is 0 Å². The Labute approximate surface area is 116 Å². The Balaban J connectivity index is 2.09.